The molecule has 0 aromatic rings. The van der Waals surface area contributed by atoms with Crippen LogP contribution in [0.4, 0.5) is 0 Å². The fourth-order valence-electron chi connectivity index (χ4n) is 4.06. The second-order valence-electron chi connectivity index (χ2n) is 8.33. The third-order valence-corrected chi connectivity index (χ3v) is 6.09. The van der Waals surface area contributed by atoms with Crippen LogP contribution in [0.3, 0.4) is 0 Å². The molecule has 15 atom stereocenters. The molecule has 3 fully saturated rings. The maximum atomic E-state index is 10.6. The fraction of sp³-hybridized carbons (Fsp3) is 1.00. The topological polar surface area (TPSA) is 269 Å². The summed E-state index contributed by atoms with van der Waals surface area (Å²) in [6, 6.07) is 0. The highest BCUT2D eigenvalue weighted by Crippen LogP contribution is 2.32. The molecule has 3 heterocycles. The van der Waals surface area contributed by atoms with Crippen molar-refractivity contribution in [3.8, 4) is 0 Å². The summed E-state index contributed by atoms with van der Waals surface area (Å²) in [7, 11) is 0. The van der Waals surface area contributed by atoms with Crippen molar-refractivity contribution in [2.75, 3.05) is 19.8 Å². The molecule has 11 N–H and O–H groups in total. The van der Waals surface area contributed by atoms with Crippen molar-refractivity contribution in [2.24, 2.45) is 0 Å². The van der Waals surface area contributed by atoms with Crippen LogP contribution in [-0.4, -0.2) is 168 Å². The van der Waals surface area contributed by atoms with E-state index in [4.69, 9.17) is 23.7 Å². The molecule has 0 spiro atoms. The summed E-state index contributed by atoms with van der Waals surface area (Å²) in [5.74, 6) is 0. The van der Waals surface area contributed by atoms with Crippen LogP contribution < -0.4 is 0 Å². The minimum absolute atomic E-state index is 0.741. The number of rotatable bonds is 7. The molecular formula is C18H32O16. The minimum atomic E-state index is -1.91. The SMILES string of the molecule is OC[C@H]1O[C@@H](O[C@@H]2[C@H](O)[C@@H](O)[C@H](O[C@H]3[C@H](O)[C@@H](O)[C@@H](O)O[C@@H]3CO)O[C@@H]2CO)[C@H](O)[C@@H](O)[C@@H]1O. The predicted octanol–water partition coefficient (Wildman–Crippen LogP) is -7.57. The molecule has 3 rings (SSSR count). The maximum absolute atomic E-state index is 10.6. The molecule has 3 saturated heterocycles. The smallest absolute Gasteiger partial charge is 0.187 e. The summed E-state index contributed by atoms with van der Waals surface area (Å²) in [5.41, 5.74) is 0. The van der Waals surface area contributed by atoms with Gasteiger partial charge in [-0.15, -0.1) is 0 Å². The van der Waals surface area contributed by atoms with Gasteiger partial charge in [-0.2, -0.15) is 0 Å². The Balaban J connectivity index is 1.72. The minimum Gasteiger partial charge on any atom is -0.394 e. The molecule has 0 aromatic heterocycles. The first-order chi connectivity index (χ1) is 16.0. The number of aliphatic hydroxyl groups is 11. The van der Waals surface area contributed by atoms with E-state index in [1.807, 2.05) is 0 Å². The summed E-state index contributed by atoms with van der Waals surface area (Å²) in [4.78, 5) is 0. The Morgan fingerprint density at radius 3 is 1.35 bits per heavy atom. The van der Waals surface area contributed by atoms with Gasteiger partial charge < -0.3 is 79.9 Å². The van der Waals surface area contributed by atoms with Crippen LogP contribution in [0, 0.1) is 0 Å². The molecule has 200 valence electrons. The lowest BCUT2D eigenvalue weighted by Gasteiger charge is -2.47. The molecule has 0 amide bonds. The van der Waals surface area contributed by atoms with E-state index in [1.54, 1.807) is 0 Å². The predicted molar refractivity (Wildman–Crippen MR) is 101 cm³/mol. The number of ether oxygens (including phenoxy) is 5. The van der Waals surface area contributed by atoms with Crippen LogP contribution in [0.25, 0.3) is 0 Å². The first-order valence-corrected chi connectivity index (χ1v) is 10.6. The van der Waals surface area contributed by atoms with Crippen molar-refractivity contribution in [1.29, 1.82) is 0 Å². The van der Waals surface area contributed by atoms with Crippen LogP contribution in [0.1, 0.15) is 0 Å². The Morgan fingerprint density at radius 2 is 0.853 bits per heavy atom. The lowest BCUT2D eigenvalue weighted by atomic mass is 9.96. The van der Waals surface area contributed by atoms with E-state index in [0.29, 0.717) is 0 Å². The standard InChI is InChI=1S/C18H32O16/c19-1-4-7(22)8(23)12(27)17(31-4)34-15-6(3-21)32-18(13(28)10(15)25)33-14-5(2-20)30-16(29)11(26)9(14)24/h4-29H,1-3H2/t4-,5-,6-,7-,8+,9-,10-,11-,12-,13-,14-,15+,16+,17+,18+/m1/s1. The van der Waals surface area contributed by atoms with Crippen LogP contribution in [0.5, 0.6) is 0 Å². The first-order valence-electron chi connectivity index (χ1n) is 10.6. The van der Waals surface area contributed by atoms with Crippen molar-refractivity contribution in [2.45, 2.75) is 92.1 Å². The molecule has 3 aliphatic heterocycles. The molecule has 16 heteroatoms. The van der Waals surface area contributed by atoms with Gasteiger partial charge in [0, 0.05) is 0 Å². The molecule has 34 heavy (non-hydrogen) atoms. The molecule has 0 radical (unpaired) electrons. The summed E-state index contributed by atoms with van der Waals surface area (Å²) in [5, 5.41) is 109. The van der Waals surface area contributed by atoms with Crippen LogP contribution in [-0.2, 0) is 23.7 Å². The molecular weight excluding hydrogens is 472 g/mol. The first kappa shape index (κ1) is 27.9. The zero-order chi connectivity index (χ0) is 25.3. The Bertz CT molecular complexity index is 635. The van der Waals surface area contributed by atoms with Gasteiger partial charge >= 0.3 is 0 Å². The largest absolute Gasteiger partial charge is 0.394 e. The summed E-state index contributed by atoms with van der Waals surface area (Å²) < 4.78 is 26.4. The third-order valence-electron chi connectivity index (χ3n) is 6.09. The Hall–Kier alpha value is -0.640. The highest BCUT2D eigenvalue weighted by Gasteiger charge is 2.53. The molecule has 0 unspecified atom stereocenters. The molecule has 16 nitrogen and oxygen atoms in total. The van der Waals surface area contributed by atoms with Gasteiger partial charge in [0.25, 0.3) is 0 Å². The highest BCUT2D eigenvalue weighted by atomic mass is 16.8. The van der Waals surface area contributed by atoms with Crippen molar-refractivity contribution in [3.05, 3.63) is 0 Å². The second kappa shape index (κ2) is 11.6. The molecule has 0 saturated carbocycles. The Kier molecular flexibility index (Phi) is 9.54. The zero-order valence-corrected chi connectivity index (χ0v) is 17.7. The van der Waals surface area contributed by atoms with Crippen molar-refractivity contribution >= 4 is 0 Å². The van der Waals surface area contributed by atoms with E-state index in [2.05, 4.69) is 0 Å². The molecule has 0 aliphatic carbocycles. The quantitative estimate of drug-likeness (QED) is 0.154. The lowest BCUT2D eigenvalue weighted by Crippen LogP contribution is -2.66. The van der Waals surface area contributed by atoms with Gasteiger partial charge in [-0.3, -0.25) is 0 Å². The average Bonchev–Trinajstić information content (AvgIpc) is 2.83. The van der Waals surface area contributed by atoms with E-state index in [1.165, 1.54) is 0 Å². The molecule has 0 bridgehead atoms. The monoisotopic (exact) mass is 504 g/mol. The maximum Gasteiger partial charge on any atom is 0.187 e. The van der Waals surface area contributed by atoms with E-state index in [-0.39, 0.29) is 0 Å². The van der Waals surface area contributed by atoms with Crippen molar-refractivity contribution in [3.63, 3.8) is 0 Å². The van der Waals surface area contributed by atoms with Crippen LogP contribution in [0.2, 0.25) is 0 Å². The van der Waals surface area contributed by atoms with E-state index >= 15 is 0 Å². The van der Waals surface area contributed by atoms with E-state index in [0.717, 1.165) is 0 Å². The number of hydrogen-bond donors (Lipinski definition) is 11. The van der Waals surface area contributed by atoms with Gasteiger partial charge in [-0.1, -0.05) is 0 Å². The Morgan fingerprint density at radius 1 is 0.441 bits per heavy atom. The number of hydrogen-bond acceptors (Lipinski definition) is 16. The normalized spacial score (nSPS) is 52.5. The summed E-state index contributed by atoms with van der Waals surface area (Å²) in [6.07, 6.45) is -25.1. The molecule has 0 aromatic carbocycles. The van der Waals surface area contributed by atoms with Crippen LogP contribution in [0.15, 0.2) is 0 Å². The molecule has 3 aliphatic rings. The van der Waals surface area contributed by atoms with Gasteiger partial charge in [-0.05, 0) is 0 Å². The van der Waals surface area contributed by atoms with Crippen LogP contribution >= 0.6 is 0 Å². The van der Waals surface area contributed by atoms with Crippen molar-refractivity contribution < 1.29 is 79.9 Å². The van der Waals surface area contributed by atoms with E-state index < -0.39 is 112 Å². The van der Waals surface area contributed by atoms with Gasteiger partial charge in [0.15, 0.2) is 18.9 Å². The third kappa shape index (κ3) is 5.37. The average molecular weight is 504 g/mol. The summed E-state index contributed by atoms with van der Waals surface area (Å²) in [6.45, 7) is -2.32. The number of aliphatic hydroxyl groups excluding tert-OH is 11. The fourth-order valence-corrected chi connectivity index (χ4v) is 4.06. The zero-order valence-electron chi connectivity index (χ0n) is 17.7. The second-order valence-corrected chi connectivity index (χ2v) is 8.33. The van der Waals surface area contributed by atoms with Gasteiger partial charge in [0.05, 0.1) is 19.8 Å². The van der Waals surface area contributed by atoms with Gasteiger partial charge in [-0.25, -0.2) is 0 Å². The van der Waals surface area contributed by atoms with Gasteiger partial charge in [0.2, 0.25) is 0 Å². The van der Waals surface area contributed by atoms with Gasteiger partial charge in [0.1, 0.15) is 73.2 Å². The van der Waals surface area contributed by atoms with Crippen molar-refractivity contribution in [1.82, 2.24) is 0 Å². The van der Waals surface area contributed by atoms with E-state index in [9.17, 15) is 56.2 Å². The highest BCUT2D eigenvalue weighted by molar-refractivity contribution is 4.96. The lowest BCUT2D eigenvalue weighted by molar-refractivity contribution is -0.377. The summed E-state index contributed by atoms with van der Waals surface area (Å²) >= 11 is 0. The Labute approximate surface area is 192 Å².